The molecule has 7 heteroatoms. The Hall–Kier alpha value is -2.67. The molecule has 2 heterocycles. The van der Waals surface area contributed by atoms with Gasteiger partial charge in [-0.05, 0) is 25.5 Å². The maximum Gasteiger partial charge on any atom is 0.349 e. The van der Waals surface area contributed by atoms with Gasteiger partial charge < -0.3 is 9.64 Å². The third-order valence-electron chi connectivity index (χ3n) is 4.06. The molecule has 0 aliphatic carbocycles. The number of esters is 1. The Balaban J connectivity index is 1.84. The summed E-state index contributed by atoms with van der Waals surface area (Å²) in [4.78, 5) is 27.1. The summed E-state index contributed by atoms with van der Waals surface area (Å²) in [7, 11) is 3.27. The summed E-state index contributed by atoms with van der Waals surface area (Å²) in [6, 6.07) is 11.8. The number of carbonyl (C=O) groups is 2. The molecule has 26 heavy (non-hydrogen) atoms. The largest absolute Gasteiger partial charge is 0.448 e. The van der Waals surface area contributed by atoms with Gasteiger partial charge in [-0.15, -0.1) is 11.3 Å². The lowest BCUT2D eigenvalue weighted by atomic mass is 10.2. The zero-order valence-corrected chi connectivity index (χ0v) is 16.0. The van der Waals surface area contributed by atoms with Gasteiger partial charge in [0.25, 0.3) is 5.91 Å². The van der Waals surface area contributed by atoms with E-state index in [9.17, 15) is 9.59 Å². The van der Waals surface area contributed by atoms with Crippen LogP contribution in [0.5, 0.6) is 0 Å². The van der Waals surface area contributed by atoms with Gasteiger partial charge in [0.05, 0.1) is 12.2 Å². The van der Waals surface area contributed by atoms with Crippen LogP contribution in [0.3, 0.4) is 0 Å². The van der Waals surface area contributed by atoms with Gasteiger partial charge in [0, 0.05) is 19.5 Å². The van der Waals surface area contributed by atoms with Crippen molar-refractivity contribution < 1.29 is 14.3 Å². The van der Waals surface area contributed by atoms with Crippen LogP contribution in [-0.2, 0) is 16.1 Å². The number of rotatable bonds is 5. The van der Waals surface area contributed by atoms with E-state index in [0.717, 1.165) is 21.5 Å². The Kier molecular flexibility index (Phi) is 5.08. The first-order chi connectivity index (χ1) is 12.4. The van der Waals surface area contributed by atoms with Crippen molar-refractivity contribution in [2.75, 3.05) is 14.1 Å². The van der Waals surface area contributed by atoms with Gasteiger partial charge in [-0.1, -0.05) is 30.3 Å². The number of nitrogens with zero attached hydrogens (tertiary/aromatic N) is 3. The van der Waals surface area contributed by atoms with E-state index in [-0.39, 0.29) is 5.91 Å². The predicted molar refractivity (Wildman–Crippen MR) is 101 cm³/mol. The van der Waals surface area contributed by atoms with E-state index in [1.165, 1.54) is 16.2 Å². The van der Waals surface area contributed by atoms with E-state index < -0.39 is 12.1 Å². The molecule has 1 aromatic carbocycles. The molecule has 1 amide bonds. The number of likely N-dealkylation sites (N-methyl/N-ethyl adjacent to an activating group) is 1. The average molecular weight is 371 g/mol. The van der Waals surface area contributed by atoms with Gasteiger partial charge in [0.15, 0.2) is 6.10 Å². The summed E-state index contributed by atoms with van der Waals surface area (Å²) < 4.78 is 7.21. The lowest BCUT2D eigenvalue weighted by Crippen LogP contribution is -2.34. The molecule has 0 bridgehead atoms. The van der Waals surface area contributed by atoms with Crippen LogP contribution in [0.2, 0.25) is 0 Å². The third-order valence-corrected chi connectivity index (χ3v) is 5.18. The van der Waals surface area contributed by atoms with Crippen LogP contribution in [0.25, 0.3) is 10.2 Å². The Morgan fingerprint density at radius 2 is 1.96 bits per heavy atom. The van der Waals surface area contributed by atoms with Crippen molar-refractivity contribution in [3.05, 3.63) is 52.5 Å². The molecule has 1 atom stereocenters. The molecule has 0 saturated carbocycles. The Morgan fingerprint density at radius 1 is 1.27 bits per heavy atom. The smallest absolute Gasteiger partial charge is 0.349 e. The fourth-order valence-electron chi connectivity index (χ4n) is 2.71. The van der Waals surface area contributed by atoms with Crippen molar-refractivity contribution in [3.8, 4) is 0 Å². The van der Waals surface area contributed by atoms with Crippen LogP contribution in [0, 0.1) is 6.92 Å². The molecular formula is C19H21N3O3S. The van der Waals surface area contributed by atoms with E-state index in [2.05, 4.69) is 5.10 Å². The van der Waals surface area contributed by atoms with Crippen LogP contribution in [-0.4, -0.2) is 46.8 Å². The number of ether oxygens (including phenoxy) is 1. The highest BCUT2D eigenvalue weighted by Crippen LogP contribution is 2.29. The maximum absolute atomic E-state index is 12.4. The second-order valence-electron chi connectivity index (χ2n) is 6.34. The van der Waals surface area contributed by atoms with Crippen molar-refractivity contribution >= 4 is 33.4 Å². The number of amides is 1. The SMILES string of the molecule is Cc1nn(Cc2ccccc2)c2sc(C(=O)O[C@@H](C)C(=O)N(C)C)cc12. The minimum atomic E-state index is -0.815. The van der Waals surface area contributed by atoms with Crippen LogP contribution >= 0.6 is 11.3 Å². The van der Waals surface area contributed by atoms with E-state index in [0.29, 0.717) is 11.4 Å². The highest BCUT2D eigenvalue weighted by Gasteiger charge is 2.23. The fourth-order valence-corrected chi connectivity index (χ4v) is 3.75. The van der Waals surface area contributed by atoms with Gasteiger partial charge in [-0.25, -0.2) is 4.79 Å². The number of hydrogen-bond donors (Lipinski definition) is 0. The number of hydrogen-bond acceptors (Lipinski definition) is 5. The number of thiophene rings is 1. The molecule has 0 fully saturated rings. The topological polar surface area (TPSA) is 64.4 Å². The van der Waals surface area contributed by atoms with Crippen LogP contribution < -0.4 is 0 Å². The van der Waals surface area contributed by atoms with Crippen molar-refractivity contribution in [2.24, 2.45) is 0 Å². The summed E-state index contributed by atoms with van der Waals surface area (Å²) in [5.41, 5.74) is 2.00. The number of fused-ring (bicyclic) bond motifs is 1. The molecule has 3 rings (SSSR count). The van der Waals surface area contributed by atoms with Crippen LogP contribution in [0.4, 0.5) is 0 Å². The second kappa shape index (κ2) is 7.29. The third kappa shape index (κ3) is 3.62. The maximum atomic E-state index is 12.4. The van der Waals surface area contributed by atoms with E-state index in [1.54, 1.807) is 27.1 Å². The van der Waals surface area contributed by atoms with Gasteiger partial charge in [0.1, 0.15) is 9.71 Å². The fraction of sp³-hybridized carbons (Fsp3) is 0.316. The van der Waals surface area contributed by atoms with Crippen LogP contribution in [0.1, 0.15) is 27.9 Å². The highest BCUT2D eigenvalue weighted by molar-refractivity contribution is 7.20. The van der Waals surface area contributed by atoms with E-state index >= 15 is 0 Å². The van der Waals surface area contributed by atoms with Crippen molar-refractivity contribution in [2.45, 2.75) is 26.5 Å². The summed E-state index contributed by atoms with van der Waals surface area (Å²) in [6.07, 6.45) is -0.815. The monoisotopic (exact) mass is 371 g/mol. The summed E-state index contributed by atoms with van der Waals surface area (Å²) in [5.74, 6) is -0.731. The Morgan fingerprint density at radius 3 is 2.62 bits per heavy atom. The molecule has 6 nitrogen and oxygen atoms in total. The van der Waals surface area contributed by atoms with Gasteiger partial charge in [-0.3, -0.25) is 9.48 Å². The molecule has 0 unspecified atom stereocenters. The number of aromatic nitrogens is 2. The van der Waals surface area contributed by atoms with E-state index in [1.807, 2.05) is 41.9 Å². The van der Waals surface area contributed by atoms with E-state index in [4.69, 9.17) is 4.74 Å². The number of aryl methyl sites for hydroxylation is 1. The zero-order chi connectivity index (χ0) is 18.8. The molecule has 0 saturated heterocycles. The predicted octanol–water partition coefficient (Wildman–Crippen LogP) is 3.09. The first kappa shape index (κ1) is 18.1. The first-order valence-electron chi connectivity index (χ1n) is 8.30. The number of benzene rings is 1. The molecule has 0 aliphatic rings. The molecule has 2 aromatic heterocycles. The molecule has 3 aromatic rings. The minimum absolute atomic E-state index is 0.245. The lowest BCUT2D eigenvalue weighted by Gasteiger charge is -2.16. The zero-order valence-electron chi connectivity index (χ0n) is 15.2. The Labute approximate surface area is 156 Å². The Bertz CT molecular complexity index is 944. The molecule has 0 aliphatic heterocycles. The summed E-state index contributed by atoms with van der Waals surface area (Å²) in [6.45, 7) is 4.13. The molecule has 0 spiro atoms. The highest BCUT2D eigenvalue weighted by atomic mass is 32.1. The minimum Gasteiger partial charge on any atom is -0.448 e. The van der Waals surface area contributed by atoms with Crippen molar-refractivity contribution in [3.63, 3.8) is 0 Å². The molecule has 0 radical (unpaired) electrons. The second-order valence-corrected chi connectivity index (χ2v) is 7.37. The standard InChI is InChI=1S/C19H21N3O3S/c1-12-15-10-16(19(24)25-13(2)17(23)21(3)4)26-18(15)22(20-12)11-14-8-6-5-7-9-14/h5-10,13H,11H2,1-4H3/t13-/m0/s1. The van der Waals surface area contributed by atoms with Gasteiger partial charge in [0.2, 0.25) is 0 Å². The molecule has 136 valence electrons. The first-order valence-corrected chi connectivity index (χ1v) is 9.11. The number of carbonyl (C=O) groups excluding carboxylic acids is 2. The van der Waals surface area contributed by atoms with Gasteiger partial charge in [-0.2, -0.15) is 5.10 Å². The quantitative estimate of drug-likeness (QED) is 0.647. The normalized spacial score (nSPS) is 12.2. The molecular weight excluding hydrogens is 350 g/mol. The van der Waals surface area contributed by atoms with Crippen LogP contribution in [0.15, 0.2) is 36.4 Å². The summed E-state index contributed by atoms with van der Waals surface area (Å²) >= 11 is 1.34. The lowest BCUT2D eigenvalue weighted by molar-refractivity contribution is -0.137. The van der Waals surface area contributed by atoms with Gasteiger partial charge >= 0.3 is 5.97 Å². The van der Waals surface area contributed by atoms with Crippen molar-refractivity contribution in [1.29, 1.82) is 0 Å². The summed E-state index contributed by atoms with van der Waals surface area (Å²) in [5, 5.41) is 5.51. The van der Waals surface area contributed by atoms with Crippen molar-refractivity contribution in [1.82, 2.24) is 14.7 Å². The molecule has 0 N–H and O–H groups in total. The average Bonchev–Trinajstić information content (AvgIpc) is 3.17.